The highest BCUT2D eigenvalue weighted by molar-refractivity contribution is 6.04. The number of furan rings is 1. The molecule has 3 aromatic rings. The number of hydrogen-bond acceptors (Lipinski definition) is 5. The molecule has 0 aliphatic carbocycles. The summed E-state index contributed by atoms with van der Waals surface area (Å²) in [5.41, 5.74) is 8.44. The van der Waals surface area contributed by atoms with E-state index in [1.807, 2.05) is 6.92 Å². The first-order valence-corrected chi connectivity index (χ1v) is 6.08. The molecule has 3 N–H and O–H groups in total. The first kappa shape index (κ1) is 12.3. The molecule has 102 valence electrons. The van der Waals surface area contributed by atoms with Crippen LogP contribution in [-0.2, 0) is 0 Å². The molecule has 20 heavy (non-hydrogen) atoms. The summed E-state index contributed by atoms with van der Waals surface area (Å²) >= 11 is 0. The second-order valence-corrected chi connectivity index (χ2v) is 4.58. The largest absolute Gasteiger partial charge is 0.451 e. The number of nitrogens with zero attached hydrogens (tertiary/aromatic N) is 1. The molecule has 0 aliphatic rings. The minimum Gasteiger partial charge on any atom is -0.451 e. The van der Waals surface area contributed by atoms with Crippen molar-refractivity contribution in [3.8, 4) is 0 Å². The van der Waals surface area contributed by atoms with E-state index in [1.165, 1.54) is 0 Å². The van der Waals surface area contributed by atoms with Gasteiger partial charge >= 0.3 is 0 Å². The highest BCUT2D eigenvalue weighted by atomic mass is 16.5. The van der Waals surface area contributed by atoms with Gasteiger partial charge in [0.1, 0.15) is 5.58 Å². The zero-order valence-electron chi connectivity index (χ0n) is 11.1. The fourth-order valence-corrected chi connectivity index (χ4v) is 1.87. The van der Waals surface area contributed by atoms with E-state index < -0.39 is 0 Å². The van der Waals surface area contributed by atoms with Crippen LogP contribution in [-0.4, -0.2) is 11.1 Å². The summed E-state index contributed by atoms with van der Waals surface area (Å²) in [5, 5.41) is 7.19. The topological polar surface area (TPSA) is 94.3 Å². The lowest BCUT2D eigenvalue weighted by Crippen LogP contribution is -2.10. The van der Waals surface area contributed by atoms with Crippen molar-refractivity contribution >= 4 is 28.4 Å². The fraction of sp³-hybridized carbons (Fsp3) is 0.143. The lowest BCUT2D eigenvalue weighted by atomic mass is 10.2. The van der Waals surface area contributed by atoms with E-state index in [2.05, 4.69) is 10.5 Å². The minimum atomic E-state index is -0.390. The molecule has 0 unspecified atom stereocenters. The Labute approximate surface area is 114 Å². The number of rotatable bonds is 2. The van der Waals surface area contributed by atoms with Crippen LogP contribution in [0.3, 0.4) is 0 Å². The van der Waals surface area contributed by atoms with Crippen LogP contribution in [0.4, 0.5) is 11.6 Å². The van der Waals surface area contributed by atoms with E-state index in [1.54, 1.807) is 31.2 Å². The minimum absolute atomic E-state index is 0.194. The average molecular weight is 271 g/mol. The van der Waals surface area contributed by atoms with E-state index in [0.717, 1.165) is 16.6 Å². The maximum atomic E-state index is 12.1. The predicted molar refractivity (Wildman–Crippen MR) is 74.6 cm³/mol. The number of nitrogen functional groups attached to an aromatic ring is 1. The van der Waals surface area contributed by atoms with Gasteiger partial charge in [-0.05, 0) is 38.1 Å². The summed E-state index contributed by atoms with van der Waals surface area (Å²) in [6.07, 6.45) is 0. The summed E-state index contributed by atoms with van der Waals surface area (Å²) in [5.74, 6) is 0.130. The van der Waals surface area contributed by atoms with Gasteiger partial charge in [-0.3, -0.25) is 10.1 Å². The van der Waals surface area contributed by atoms with Crippen LogP contribution in [0, 0.1) is 13.8 Å². The zero-order chi connectivity index (χ0) is 14.3. The molecule has 0 spiro atoms. The Balaban J connectivity index is 1.90. The Kier molecular flexibility index (Phi) is 2.71. The number of carbonyl (C=O) groups is 1. The standard InChI is InChI=1S/C14H13N3O3/c1-7-8(2)17-20-14(7)16-13(18)12-6-9-5-10(15)3-4-11(9)19-12/h3-6H,15H2,1-2H3,(H,16,18). The predicted octanol–water partition coefficient (Wildman–Crippen LogP) is 2.87. The monoisotopic (exact) mass is 271 g/mol. The van der Waals surface area contributed by atoms with E-state index in [9.17, 15) is 4.79 Å². The summed E-state index contributed by atoms with van der Waals surface area (Å²) in [6, 6.07) is 6.84. The normalized spacial score (nSPS) is 10.9. The first-order valence-electron chi connectivity index (χ1n) is 6.08. The number of hydrogen-bond donors (Lipinski definition) is 2. The third-order valence-corrected chi connectivity index (χ3v) is 3.15. The molecule has 0 saturated heterocycles. The number of carbonyl (C=O) groups excluding carboxylic acids is 1. The molecular formula is C14H13N3O3. The molecule has 1 aromatic carbocycles. The second-order valence-electron chi connectivity index (χ2n) is 4.58. The molecular weight excluding hydrogens is 258 g/mol. The van der Waals surface area contributed by atoms with Gasteiger partial charge in [-0.25, -0.2) is 0 Å². The van der Waals surface area contributed by atoms with Crippen LogP contribution in [0.25, 0.3) is 11.0 Å². The zero-order valence-corrected chi connectivity index (χ0v) is 11.1. The van der Waals surface area contributed by atoms with Crippen molar-refractivity contribution in [3.63, 3.8) is 0 Å². The highest BCUT2D eigenvalue weighted by Crippen LogP contribution is 2.23. The van der Waals surface area contributed by atoms with Gasteiger partial charge in [-0.2, -0.15) is 0 Å². The number of nitrogens with one attached hydrogen (secondary N) is 1. The number of amides is 1. The number of aromatic nitrogens is 1. The van der Waals surface area contributed by atoms with Crippen molar-refractivity contribution in [2.75, 3.05) is 11.1 Å². The number of anilines is 2. The first-order chi connectivity index (χ1) is 9.54. The van der Waals surface area contributed by atoms with E-state index in [4.69, 9.17) is 14.7 Å². The van der Waals surface area contributed by atoms with Crippen molar-refractivity contribution in [1.29, 1.82) is 0 Å². The number of nitrogens with two attached hydrogens (primary N) is 1. The molecule has 0 saturated carbocycles. The smallest absolute Gasteiger partial charge is 0.293 e. The second kappa shape index (κ2) is 4.41. The lowest BCUT2D eigenvalue weighted by Gasteiger charge is -1.98. The van der Waals surface area contributed by atoms with Crippen molar-refractivity contribution < 1.29 is 13.7 Å². The van der Waals surface area contributed by atoms with Crippen molar-refractivity contribution in [2.24, 2.45) is 0 Å². The van der Waals surface area contributed by atoms with Gasteiger partial charge in [-0.15, -0.1) is 0 Å². The van der Waals surface area contributed by atoms with Crippen LogP contribution in [0.1, 0.15) is 21.8 Å². The van der Waals surface area contributed by atoms with E-state index >= 15 is 0 Å². The third-order valence-electron chi connectivity index (χ3n) is 3.15. The van der Waals surface area contributed by atoms with Gasteiger partial charge < -0.3 is 14.7 Å². The average Bonchev–Trinajstić information content (AvgIpc) is 2.96. The molecule has 0 atom stereocenters. The van der Waals surface area contributed by atoms with Crippen LogP contribution < -0.4 is 11.1 Å². The maximum Gasteiger partial charge on any atom is 0.293 e. The fourth-order valence-electron chi connectivity index (χ4n) is 1.87. The van der Waals surface area contributed by atoms with Gasteiger partial charge in [-0.1, -0.05) is 5.16 Å². The molecule has 0 bridgehead atoms. The summed E-state index contributed by atoms with van der Waals surface area (Å²) in [7, 11) is 0. The van der Waals surface area contributed by atoms with E-state index in [-0.39, 0.29) is 11.7 Å². The van der Waals surface area contributed by atoms with Crippen LogP contribution in [0.2, 0.25) is 0 Å². The number of fused-ring (bicyclic) bond motifs is 1. The summed E-state index contributed by atoms with van der Waals surface area (Å²) < 4.78 is 10.5. The molecule has 3 rings (SSSR count). The Morgan fingerprint density at radius 1 is 1.30 bits per heavy atom. The maximum absolute atomic E-state index is 12.1. The van der Waals surface area contributed by atoms with Gasteiger partial charge in [0.05, 0.1) is 5.69 Å². The lowest BCUT2D eigenvalue weighted by molar-refractivity contribution is 0.0995. The van der Waals surface area contributed by atoms with Crippen LogP contribution in [0.15, 0.2) is 33.2 Å². The van der Waals surface area contributed by atoms with Crippen LogP contribution >= 0.6 is 0 Å². The van der Waals surface area contributed by atoms with Crippen molar-refractivity contribution in [3.05, 3.63) is 41.3 Å². The van der Waals surface area contributed by atoms with Crippen LogP contribution in [0.5, 0.6) is 0 Å². The van der Waals surface area contributed by atoms with Crippen molar-refractivity contribution in [1.82, 2.24) is 5.16 Å². The van der Waals surface area contributed by atoms with Gasteiger partial charge in [0.25, 0.3) is 5.91 Å². The van der Waals surface area contributed by atoms with Gasteiger partial charge in [0.2, 0.25) is 5.88 Å². The Bertz CT molecular complexity index is 801. The number of benzene rings is 1. The Hall–Kier alpha value is -2.76. The van der Waals surface area contributed by atoms with Gasteiger partial charge in [0, 0.05) is 16.6 Å². The highest BCUT2D eigenvalue weighted by Gasteiger charge is 2.16. The van der Waals surface area contributed by atoms with E-state index in [0.29, 0.717) is 17.2 Å². The summed E-state index contributed by atoms with van der Waals surface area (Å²) in [4.78, 5) is 12.1. The molecule has 1 amide bonds. The SMILES string of the molecule is Cc1noc(NC(=O)c2cc3cc(N)ccc3o2)c1C. The summed E-state index contributed by atoms with van der Waals surface area (Å²) in [6.45, 7) is 3.62. The Morgan fingerprint density at radius 2 is 2.10 bits per heavy atom. The molecule has 6 nitrogen and oxygen atoms in total. The molecule has 6 heteroatoms. The van der Waals surface area contributed by atoms with Gasteiger partial charge in [0.15, 0.2) is 5.76 Å². The molecule has 2 heterocycles. The molecule has 0 fully saturated rings. The number of aryl methyl sites for hydroxylation is 1. The molecule has 2 aromatic heterocycles. The quantitative estimate of drug-likeness (QED) is 0.699. The van der Waals surface area contributed by atoms with Crippen molar-refractivity contribution in [2.45, 2.75) is 13.8 Å². The Morgan fingerprint density at radius 3 is 2.80 bits per heavy atom. The molecule has 0 radical (unpaired) electrons. The molecule has 0 aliphatic heterocycles. The third kappa shape index (κ3) is 2.01.